The van der Waals surface area contributed by atoms with Crippen molar-refractivity contribution in [2.75, 3.05) is 6.79 Å². The maximum absolute atomic E-state index is 12.0. The van der Waals surface area contributed by atoms with Gasteiger partial charge in [0.25, 0.3) is 0 Å². The summed E-state index contributed by atoms with van der Waals surface area (Å²) in [5.74, 6) is 1.91. The summed E-state index contributed by atoms with van der Waals surface area (Å²) in [4.78, 5) is 12.0. The van der Waals surface area contributed by atoms with Crippen LogP contribution in [0.4, 0.5) is 0 Å². The van der Waals surface area contributed by atoms with E-state index in [0.29, 0.717) is 6.42 Å². The van der Waals surface area contributed by atoms with Crippen molar-refractivity contribution in [3.8, 4) is 11.5 Å². The van der Waals surface area contributed by atoms with Crippen LogP contribution in [0.2, 0.25) is 0 Å². The minimum Gasteiger partial charge on any atom is -0.454 e. The molecule has 0 bridgehead atoms. The summed E-state index contributed by atoms with van der Waals surface area (Å²) in [6, 6.07) is 13.8. The number of rotatable bonds is 1. The zero-order valence-corrected chi connectivity index (χ0v) is 10.3. The largest absolute Gasteiger partial charge is 0.454 e. The predicted molar refractivity (Wildman–Crippen MR) is 69.8 cm³/mol. The molecule has 1 aliphatic heterocycles. The summed E-state index contributed by atoms with van der Waals surface area (Å²) >= 11 is 0. The molecule has 0 N–H and O–H groups in total. The Hall–Kier alpha value is -2.29. The van der Waals surface area contributed by atoms with Crippen molar-refractivity contribution >= 4 is 5.78 Å². The summed E-state index contributed by atoms with van der Waals surface area (Å²) in [6.45, 7) is 0.277. The van der Waals surface area contributed by atoms with E-state index in [2.05, 4.69) is 0 Å². The minimum absolute atomic E-state index is 0.137. The summed E-state index contributed by atoms with van der Waals surface area (Å²) in [6.07, 6.45) is 0.541. The third-order valence-corrected chi connectivity index (χ3v) is 3.83. The molecule has 0 radical (unpaired) electrons. The number of fused-ring (bicyclic) bond motifs is 2. The number of ether oxygens (including phenoxy) is 2. The topological polar surface area (TPSA) is 35.5 Å². The first-order valence-electron chi connectivity index (χ1n) is 6.34. The van der Waals surface area contributed by atoms with Crippen molar-refractivity contribution in [1.82, 2.24) is 0 Å². The van der Waals surface area contributed by atoms with Crippen LogP contribution >= 0.6 is 0 Å². The number of hydrogen-bond acceptors (Lipinski definition) is 3. The Bertz CT molecular complexity index is 675. The molecule has 3 heteroatoms. The van der Waals surface area contributed by atoms with Crippen molar-refractivity contribution in [3.05, 3.63) is 59.2 Å². The maximum atomic E-state index is 12.0. The van der Waals surface area contributed by atoms with Crippen LogP contribution in [0.5, 0.6) is 11.5 Å². The fourth-order valence-electron chi connectivity index (χ4n) is 2.89. The van der Waals surface area contributed by atoms with Gasteiger partial charge in [0.15, 0.2) is 17.3 Å². The Balaban J connectivity index is 1.80. The van der Waals surface area contributed by atoms with E-state index in [-0.39, 0.29) is 18.5 Å². The molecule has 0 saturated carbocycles. The number of carbonyl (C=O) groups excluding carboxylic acids is 1. The third kappa shape index (κ3) is 1.55. The summed E-state index contributed by atoms with van der Waals surface area (Å²) in [5, 5.41) is 0. The molecular formula is C16H12O3. The lowest BCUT2D eigenvalue weighted by molar-refractivity contribution is 0.0991. The molecule has 0 aromatic heterocycles. The molecule has 19 heavy (non-hydrogen) atoms. The molecule has 2 aliphatic rings. The Morgan fingerprint density at radius 3 is 2.79 bits per heavy atom. The molecule has 2 aromatic rings. The van der Waals surface area contributed by atoms with Crippen molar-refractivity contribution in [1.29, 1.82) is 0 Å². The van der Waals surface area contributed by atoms with E-state index in [1.54, 1.807) is 0 Å². The molecule has 1 atom stereocenters. The monoisotopic (exact) mass is 252 g/mol. The van der Waals surface area contributed by atoms with E-state index >= 15 is 0 Å². The highest BCUT2D eigenvalue weighted by Crippen LogP contribution is 2.41. The summed E-state index contributed by atoms with van der Waals surface area (Å²) in [5.41, 5.74) is 3.08. The van der Waals surface area contributed by atoms with E-state index in [1.165, 1.54) is 0 Å². The average Bonchev–Trinajstić information content (AvgIpc) is 3.03. The number of Topliss-reactive ketones (excluding diaryl/α,β-unsaturated/α-hetero) is 1. The quantitative estimate of drug-likeness (QED) is 0.782. The lowest BCUT2D eigenvalue weighted by Gasteiger charge is -2.11. The van der Waals surface area contributed by atoms with Gasteiger partial charge in [0.1, 0.15) is 0 Å². The highest BCUT2D eigenvalue weighted by molar-refractivity contribution is 6.01. The average molecular weight is 252 g/mol. The van der Waals surface area contributed by atoms with Crippen molar-refractivity contribution in [2.24, 2.45) is 0 Å². The Morgan fingerprint density at radius 2 is 1.84 bits per heavy atom. The normalized spacial score (nSPS) is 19.6. The first-order chi connectivity index (χ1) is 9.33. The van der Waals surface area contributed by atoms with E-state index < -0.39 is 0 Å². The lowest BCUT2D eigenvalue weighted by Crippen LogP contribution is -1.96. The van der Waals surface area contributed by atoms with Crippen LogP contribution in [0, 0.1) is 0 Å². The van der Waals surface area contributed by atoms with Gasteiger partial charge in [-0.25, -0.2) is 0 Å². The molecule has 0 saturated heterocycles. The van der Waals surface area contributed by atoms with Gasteiger partial charge >= 0.3 is 0 Å². The maximum Gasteiger partial charge on any atom is 0.231 e. The zero-order chi connectivity index (χ0) is 12.8. The first kappa shape index (κ1) is 10.6. The minimum atomic E-state index is 0.137. The van der Waals surface area contributed by atoms with Crippen LogP contribution < -0.4 is 9.47 Å². The van der Waals surface area contributed by atoms with Gasteiger partial charge in [-0.3, -0.25) is 4.79 Å². The molecule has 4 rings (SSSR count). The molecule has 0 amide bonds. The number of benzene rings is 2. The highest BCUT2D eigenvalue weighted by atomic mass is 16.7. The standard InChI is InChI=1S/C16H12O3/c17-14-8-13(11-3-1-2-4-12(11)14)10-5-6-15-16(7-10)19-9-18-15/h1-7,13H,8-9H2. The number of hydrogen-bond donors (Lipinski definition) is 0. The third-order valence-electron chi connectivity index (χ3n) is 3.83. The van der Waals surface area contributed by atoms with Crippen molar-refractivity contribution in [3.63, 3.8) is 0 Å². The van der Waals surface area contributed by atoms with Crippen LogP contribution in [0.15, 0.2) is 42.5 Å². The van der Waals surface area contributed by atoms with Crippen LogP contribution in [-0.4, -0.2) is 12.6 Å². The van der Waals surface area contributed by atoms with Crippen LogP contribution in [0.25, 0.3) is 0 Å². The van der Waals surface area contributed by atoms with Gasteiger partial charge < -0.3 is 9.47 Å². The number of carbonyl (C=O) groups is 1. The van der Waals surface area contributed by atoms with Gasteiger partial charge in [-0.1, -0.05) is 30.3 Å². The molecular weight excluding hydrogens is 240 g/mol. The van der Waals surface area contributed by atoms with E-state index in [1.807, 2.05) is 42.5 Å². The van der Waals surface area contributed by atoms with Crippen LogP contribution in [0.1, 0.15) is 33.8 Å². The molecule has 1 unspecified atom stereocenters. The van der Waals surface area contributed by atoms with Gasteiger partial charge in [0.05, 0.1) is 0 Å². The fourth-order valence-corrected chi connectivity index (χ4v) is 2.89. The summed E-state index contributed by atoms with van der Waals surface area (Å²) in [7, 11) is 0. The Kier molecular flexibility index (Phi) is 2.15. The van der Waals surface area contributed by atoms with Crippen molar-refractivity contribution in [2.45, 2.75) is 12.3 Å². The molecule has 94 valence electrons. The number of ketones is 1. The Morgan fingerprint density at radius 1 is 1.00 bits per heavy atom. The highest BCUT2D eigenvalue weighted by Gasteiger charge is 2.30. The first-order valence-corrected chi connectivity index (χ1v) is 6.34. The van der Waals surface area contributed by atoms with Gasteiger partial charge in [0, 0.05) is 17.9 Å². The second-order valence-corrected chi connectivity index (χ2v) is 4.88. The smallest absolute Gasteiger partial charge is 0.231 e. The Labute approximate surface area is 110 Å². The SMILES string of the molecule is O=C1CC(c2ccc3c(c2)OCO3)c2ccccc21. The molecule has 1 aliphatic carbocycles. The van der Waals surface area contributed by atoms with Crippen molar-refractivity contribution < 1.29 is 14.3 Å². The lowest BCUT2D eigenvalue weighted by atomic mass is 9.93. The van der Waals surface area contributed by atoms with Gasteiger partial charge in [-0.15, -0.1) is 0 Å². The molecule has 0 spiro atoms. The van der Waals surface area contributed by atoms with E-state index in [4.69, 9.17) is 9.47 Å². The molecule has 3 nitrogen and oxygen atoms in total. The van der Waals surface area contributed by atoms with Crippen LogP contribution in [0.3, 0.4) is 0 Å². The van der Waals surface area contributed by atoms with Gasteiger partial charge in [-0.2, -0.15) is 0 Å². The molecule has 1 heterocycles. The van der Waals surface area contributed by atoms with Gasteiger partial charge in [0.2, 0.25) is 6.79 Å². The van der Waals surface area contributed by atoms with Crippen LogP contribution in [-0.2, 0) is 0 Å². The fraction of sp³-hybridized carbons (Fsp3) is 0.188. The second-order valence-electron chi connectivity index (χ2n) is 4.88. The summed E-state index contributed by atoms with van der Waals surface area (Å²) < 4.78 is 10.7. The van der Waals surface area contributed by atoms with E-state index in [0.717, 1.165) is 28.2 Å². The predicted octanol–water partition coefficient (Wildman–Crippen LogP) is 3.13. The second kappa shape index (κ2) is 3.85. The van der Waals surface area contributed by atoms with Gasteiger partial charge in [-0.05, 0) is 23.3 Å². The molecule has 2 aromatic carbocycles. The zero-order valence-electron chi connectivity index (χ0n) is 10.3. The molecule has 0 fully saturated rings. The van der Waals surface area contributed by atoms with E-state index in [9.17, 15) is 4.79 Å².